The number of aryl methyl sites for hydroxylation is 2. The minimum atomic E-state index is 0.687. The molecule has 0 atom stereocenters. The Hall–Kier alpha value is -1.69. The van der Waals surface area contributed by atoms with Crippen molar-refractivity contribution in [3.63, 3.8) is 0 Å². The lowest BCUT2D eigenvalue weighted by molar-refractivity contribution is 0.993. The molecule has 2 heterocycles. The molecule has 6 heteroatoms. The van der Waals surface area contributed by atoms with E-state index in [-0.39, 0.29) is 0 Å². The highest BCUT2D eigenvalue weighted by molar-refractivity contribution is 7.09. The van der Waals surface area contributed by atoms with Crippen LogP contribution in [0.1, 0.15) is 23.4 Å². The summed E-state index contributed by atoms with van der Waals surface area (Å²) in [5, 5.41) is 9.59. The Labute approximate surface area is 111 Å². The van der Waals surface area contributed by atoms with Crippen LogP contribution in [0, 0.1) is 13.8 Å². The monoisotopic (exact) mass is 263 g/mol. The highest BCUT2D eigenvalue weighted by atomic mass is 32.1. The Morgan fingerprint density at radius 2 is 1.83 bits per heavy atom. The lowest BCUT2D eigenvalue weighted by Gasteiger charge is -2.08. The fraction of sp³-hybridized carbons (Fsp3) is 0.417. The summed E-state index contributed by atoms with van der Waals surface area (Å²) < 4.78 is 0. The molecule has 0 unspecified atom stereocenters. The van der Waals surface area contributed by atoms with Crippen LogP contribution in [0.3, 0.4) is 0 Å². The quantitative estimate of drug-likeness (QED) is 0.868. The summed E-state index contributed by atoms with van der Waals surface area (Å²) in [5.74, 6) is 2.43. The summed E-state index contributed by atoms with van der Waals surface area (Å²) in [5.41, 5.74) is 1.04. The number of rotatable bonds is 5. The van der Waals surface area contributed by atoms with Crippen LogP contribution in [0.4, 0.5) is 11.6 Å². The maximum atomic E-state index is 4.40. The Morgan fingerprint density at radius 1 is 1.11 bits per heavy atom. The third kappa shape index (κ3) is 3.40. The predicted molar refractivity (Wildman–Crippen MR) is 75.1 cm³/mol. The number of anilines is 2. The van der Waals surface area contributed by atoms with E-state index >= 15 is 0 Å². The number of hydrogen-bond donors (Lipinski definition) is 2. The lowest BCUT2D eigenvalue weighted by atomic mass is 10.4. The summed E-state index contributed by atoms with van der Waals surface area (Å²) in [4.78, 5) is 13.1. The molecule has 18 heavy (non-hydrogen) atoms. The van der Waals surface area contributed by atoms with Crippen LogP contribution in [-0.2, 0) is 6.54 Å². The second kappa shape index (κ2) is 5.77. The van der Waals surface area contributed by atoms with Gasteiger partial charge in [-0.3, -0.25) is 0 Å². The highest BCUT2D eigenvalue weighted by Gasteiger charge is 2.02. The van der Waals surface area contributed by atoms with Crippen LogP contribution in [0.15, 0.2) is 11.4 Å². The fourth-order valence-electron chi connectivity index (χ4n) is 1.60. The Morgan fingerprint density at radius 3 is 2.44 bits per heavy atom. The van der Waals surface area contributed by atoms with E-state index < -0.39 is 0 Å². The van der Waals surface area contributed by atoms with E-state index in [0.717, 1.165) is 34.7 Å². The van der Waals surface area contributed by atoms with Crippen LogP contribution >= 0.6 is 11.3 Å². The van der Waals surface area contributed by atoms with Gasteiger partial charge in [-0.1, -0.05) is 0 Å². The van der Waals surface area contributed by atoms with Gasteiger partial charge in [-0.25, -0.2) is 15.0 Å². The summed E-state index contributed by atoms with van der Waals surface area (Å²) in [7, 11) is 0. The molecule has 2 N–H and O–H groups in total. The van der Waals surface area contributed by atoms with Gasteiger partial charge in [0.2, 0.25) is 0 Å². The molecule has 5 nitrogen and oxygen atoms in total. The zero-order chi connectivity index (χ0) is 13.0. The third-order valence-corrected chi connectivity index (χ3v) is 3.14. The zero-order valence-electron chi connectivity index (χ0n) is 10.8. The van der Waals surface area contributed by atoms with Gasteiger partial charge in [0.05, 0.1) is 17.2 Å². The van der Waals surface area contributed by atoms with Gasteiger partial charge in [-0.2, -0.15) is 0 Å². The number of thiazole rings is 1. The Balaban J connectivity index is 2.04. The van der Waals surface area contributed by atoms with Crippen molar-refractivity contribution < 1.29 is 0 Å². The number of nitrogens with zero attached hydrogens (tertiary/aromatic N) is 3. The van der Waals surface area contributed by atoms with Gasteiger partial charge >= 0.3 is 0 Å². The van der Waals surface area contributed by atoms with Gasteiger partial charge < -0.3 is 10.6 Å². The van der Waals surface area contributed by atoms with Crippen molar-refractivity contribution in [2.75, 3.05) is 17.2 Å². The molecule has 0 bridgehead atoms. The highest BCUT2D eigenvalue weighted by Crippen LogP contribution is 2.13. The molecule has 2 aromatic heterocycles. The summed E-state index contributed by atoms with van der Waals surface area (Å²) >= 11 is 1.66. The van der Waals surface area contributed by atoms with Crippen molar-refractivity contribution in [1.29, 1.82) is 0 Å². The molecule has 0 fully saturated rings. The van der Waals surface area contributed by atoms with Gasteiger partial charge in [0.1, 0.15) is 17.5 Å². The van der Waals surface area contributed by atoms with Crippen LogP contribution in [0.2, 0.25) is 0 Å². The molecule has 0 amide bonds. The molecule has 2 aromatic rings. The molecule has 0 spiro atoms. The maximum Gasteiger partial charge on any atom is 0.132 e. The average molecular weight is 263 g/mol. The van der Waals surface area contributed by atoms with Crippen LogP contribution in [0.25, 0.3) is 0 Å². The molecule has 0 aliphatic carbocycles. The molecule has 96 valence electrons. The van der Waals surface area contributed by atoms with E-state index in [4.69, 9.17) is 0 Å². The minimum Gasteiger partial charge on any atom is -0.370 e. The Bertz CT molecular complexity index is 523. The normalized spacial score (nSPS) is 10.4. The predicted octanol–water partition coefficient (Wildman–Crippen LogP) is 2.59. The second-order valence-electron chi connectivity index (χ2n) is 3.93. The first-order valence-electron chi connectivity index (χ1n) is 5.92. The molecular weight excluding hydrogens is 246 g/mol. The van der Waals surface area contributed by atoms with Crippen molar-refractivity contribution >= 4 is 23.0 Å². The van der Waals surface area contributed by atoms with E-state index in [1.54, 1.807) is 11.3 Å². The molecule has 0 saturated carbocycles. The average Bonchev–Trinajstić information content (AvgIpc) is 2.72. The van der Waals surface area contributed by atoms with Crippen LogP contribution in [-0.4, -0.2) is 21.5 Å². The number of hydrogen-bond acceptors (Lipinski definition) is 6. The van der Waals surface area contributed by atoms with Crippen LogP contribution < -0.4 is 10.6 Å². The molecule has 0 aliphatic rings. The first-order chi connectivity index (χ1) is 8.67. The first-order valence-corrected chi connectivity index (χ1v) is 6.79. The van der Waals surface area contributed by atoms with E-state index in [9.17, 15) is 0 Å². The van der Waals surface area contributed by atoms with E-state index in [1.165, 1.54) is 0 Å². The van der Waals surface area contributed by atoms with Gasteiger partial charge in [-0.15, -0.1) is 11.3 Å². The minimum absolute atomic E-state index is 0.687. The number of nitrogens with one attached hydrogen (secondary N) is 2. The Kier molecular flexibility index (Phi) is 4.09. The van der Waals surface area contributed by atoms with E-state index in [0.29, 0.717) is 6.54 Å². The molecular formula is C12H17N5S. The SMILES string of the molecule is CCNc1cc(NCc2csc(C)n2)nc(C)n1. The lowest BCUT2D eigenvalue weighted by Crippen LogP contribution is -2.06. The van der Waals surface area contributed by atoms with Crippen molar-refractivity contribution in [3.05, 3.63) is 28.0 Å². The molecule has 2 rings (SSSR count). The largest absolute Gasteiger partial charge is 0.370 e. The van der Waals surface area contributed by atoms with Crippen molar-refractivity contribution in [2.24, 2.45) is 0 Å². The van der Waals surface area contributed by atoms with Crippen molar-refractivity contribution in [2.45, 2.75) is 27.3 Å². The summed E-state index contributed by atoms with van der Waals surface area (Å²) in [6.07, 6.45) is 0. The standard InChI is InChI=1S/C12H17N5S/c1-4-13-11-5-12(16-8(2)15-11)14-6-10-7-18-9(3)17-10/h5,7H,4,6H2,1-3H3,(H2,13,14,15,16). The molecule has 0 radical (unpaired) electrons. The van der Waals surface area contributed by atoms with E-state index in [1.807, 2.05) is 26.8 Å². The summed E-state index contributed by atoms with van der Waals surface area (Å²) in [6, 6.07) is 1.91. The molecule has 0 aromatic carbocycles. The first kappa shape index (κ1) is 12.8. The third-order valence-electron chi connectivity index (χ3n) is 2.31. The number of aromatic nitrogens is 3. The second-order valence-corrected chi connectivity index (χ2v) is 4.99. The van der Waals surface area contributed by atoms with Crippen LogP contribution in [0.5, 0.6) is 0 Å². The summed E-state index contributed by atoms with van der Waals surface area (Å²) in [6.45, 7) is 7.47. The van der Waals surface area contributed by atoms with E-state index in [2.05, 4.69) is 31.0 Å². The topological polar surface area (TPSA) is 62.7 Å². The maximum absolute atomic E-state index is 4.40. The fourth-order valence-corrected chi connectivity index (χ4v) is 2.21. The molecule has 0 aliphatic heterocycles. The van der Waals surface area contributed by atoms with Gasteiger partial charge in [0, 0.05) is 18.0 Å². The van der Waals surface area contributed by atoms with Crippen molar-refractivity contribution in [3.8, 4) is 0 Å². The van der Waals surface area contributed by atoms with Gasteiger partial charge in [0.25, 0.3) is 0 Å². The van der Waals surface area contributed by atoms with Gasteiger partial charge in [0.15, 0.2) is 0 Å². The van der Waals surface area contributed by atoms with Crippen molar-refractivity contribution in [1.82, 2.24) is 15.0 Å². The van der Waals surface area contributed by atoms with Gasteiger partial charge in [-0.05, 0) is 20.8 Å². The molecule has 0 saturated heterocycles. The zero-order valence-corrected chi connectivity index (χ0v) is 11.6. The smallest absolute Gasteiger partial charge is 0.132 e.